The maximum Gasteiger partial charge on any atom is 0.0440 e. The number of benzene rings is 1. The monoisotopic (exact) mass is 223 g/mol. The molecule has 82 valence electrons. The molecule has 0 aliphatic carbocycles. The highest BCUT2D eigenvalue weighted by molar-refractivity contribution is 6.31. The number of hydrogen-bond donors (Lipinski definition) is 1. The maximum atomic E-state index is 6.22. The van der Waals surface area contributed by atoms with Crippen molar-refractivity contribution in [2.75, 3.05) is 13.1 Å². The summed E-state index contributed by atoms with van der Waals surface area (Å²) in [5.41, 5.74) is 1.31. The molecule has 1 heterocycles. The van der Waals surface area contributed by atoms with Gasteiger partial charge in [0.1, 0.15) is 0 Å². The van der Waals surface area contributed by atoms with Crippen LogP contribution in [0.25, 0.3) is 0 Å². The lowest BCUT2D eigenvalue weighted by molar-refractivity contribution is 0.330. The summed E-state index contributed by atoms with van der Waals surface area (Å²) in [7, 11) is 0. The van der Waals surface area contributed by atoms with E-state index in [-0.39, 0.29) is 0 Å². The van der Waals surface area contributed by atoms with Crippen LogP contribution in [0.2, 0.25) is 5.02 Å². The number of piperidine rings is 1. The molecule has 0 radical (unpaired) electrons. The minimum Gasteiger partial charge on any atom is -0.317 e. The van der Waals surface area contributed by atoms with E-state index in [1.807, 2.05) is 12.1 Å². The minimum absolute atomic E-state index is 0.584. The normalized spacial score (nSPS) is 20.1. The molecule has 1 aliphatic rings. The van der Waals surface area contributed by atoms with Gasteiger partial charge in [-0.3, -0.25) is 0 Å². The standard InChI is InChI=1S/C13H18ClN/c1-10(11-6-8-15-9-7-11)12-4-2-3-5-13(12)14/h2-5,10-11,15H,6-9H2,1H3. The van der Waals surface area contributed by atoms with Crippen LogP contribution >= 0.6 is 11.6 Å². The molecule has 15 heavy (non-hydrogen) atoms. The predicted molar refractivity (Wildman–Crippen MR) is 65.5 cm³/mol. The van der Waals surface area contributed by atoms with E-state index < -0.39 is 0 Å². The van der Waals surface area contributed by atoms with Crippen LogP contribution in [0, 0.1) is 5.92 Å². The van der Waals surface area contributed by atoms with Crippen molar-refractivity contribution >= 4 is 11.6 Å². The van der Waals surface area contributed by atoms with Crippen LogP contribution in [0.4, 0.5) is 0 Å². The fourth-order valence-electron chi connectivity index (χ4n) is 2.44. The molecule has 0 amide bonds. The van der Waals surface area contributed by atoms with Crippen LogP contribution in [0.3, 0.4) is 0 Å². The van der Waals surface area contributed by atoms with Gasteiger partial charge in [-0.1, -0.05) is 36.7 Å². The summed E-state index contributed by atoms with van der Waals surface area (Å²) in [5, 5.41) is 4.32. The van der Waals surface area contributed by atoms with Gasteiger partial charge in [-0.2, -0.15) is 0 Å². The average Bonchev–Trinajstić information content (AvgIpc) is 2.30. The molecule has 1 saturated heterocycles. The molecule has 1 atom stereocenters. The number of nitrogens with one attached hydrogen (secondary N) is 1. The van der Waals surface area contributed by atoms with Gasteiger partial charge in [0.2, 0.25) is 0 Å². The predicted octanol–water partition coefficient (Wildman–Crippen LogP) is 3.44. The van der Waals surface area contributed by atoms with Crippen molar-refractivity contribution in [2.24, 2.45) is 5.92 Å². The van der Waals surface area contributed by atoms with Gasteiger partial charge in [-0.25, -0.2) is 0 Å². The number of rotatable bonds is 2. The third kappa shape index (κ3) is 2.53. The van der Waals surface area contributed by atoms with Crippen molar-refractivity contribution in [3.63, 3.8) is 0 Å². The van der Waals surface area contributed by atoms with Crippen LogP contribution in [0.5, 0.6) is 0 Å². The first kappa shape index (κ1) is 11.0. The lowest BCUT2D eigenvalue weighted by atomic mass is 9.82. The Kier molecular flexibility index (Phi) is 3.66. The summed E-state index contributed by atoms with van der Waals surface area (Å²) in [6.07, 6.45) is 2.54. The van der Waals surface area contributed by atoms with E-state index >= 15 is 0 Å². The molecule has 2 rings (SSSR count). The quantitative estimate of drug-likeness (QED) is 0.810. The molecule has 2 heteroatoms. The third-order valence-electron chi connectivity index (χ3n) is 3.49. The topological polar surface area (TPSA) is 12.0 Å². The molecule has 0 saturated carbocycles. The Labute approximate surface area is 96.8 Å². The largest absolute Gasteiger partial charge is 0.317 e. The van der Waals surface area contributed by atoms with Crippen molar-refractivity contribution in [3.8, 4) is 0 Å². The molecule has 0 bridgehead atoms. The molecule has 1 N–H and O–H groups in total. The first-order valence-corrected chi connectivity index (χ1v) is 6.12. The van der Waals surface area contributed by atoms with Crippen LogP contribution in [-0.2, 0) is 0 Å². The summed E-state index contributed by atoms with van der Waals surface area (Å²) >= 11 is 6.22. The van der Waals surface area contributed by atoms with E-state index in [0.717, 1.165) is 24.0 Å². The highest BCUT2D eigenvalue weighted by Crippen LogP contribution is 2.34. The van der Waals surface area contributed by atoms with Gasteiger partial charge in [0.05, 0.1) is 0 Å². The molecule has 0 spiro atoms. The Bertz CT molecular complexity index is 318. The fraction of sp³-hybridized carbons (Fsp3) is 0.538. The average molecular weight is 224 g/mol. The van der Waals surface area contributed by atoms with Crippen LogP contribution in [0.1, 0.15) is 31.2 Å². The second-order valence-corrected chi connectivity index (χ2v) is 4.80. The maximum absolute atomic E-state index is 6.22. The third-order valence-corrected chi connectivity index (χ3v) is 3.83. The van der Waals surface area contributed by atoms with E-state index in [2.05, 4.69) is 24.4 Å². The molecular formula is C13H18ClN. The second-order valence-electron chi connectivity index (χ2n) is 4.40. The summed E-state index contributed by atoms with van der Waals surface area (Å²) in [4.78, 5) is 0. The van der Waals surface area contributed by atoms with E-state index in [1.54, 1.807) is 0 Å². The smallest absolute Gasteiger partial charge is 0.0440 e. The van der Waals surface area contributed by atoms with Gasteiger partial charge in [-0.05, 0) is 49.4 Å². The Morgan fingerprint density at radius 2 is 1.93 bits per heavy atom. The second kappa shape index (κ2) is 5.00. The Hall–Kier alpha value is -0.530. The molecular weight excluding hydrogens is 206 g/mol. The molecule has 1 aliphatic heterocycles. The van der Waals surface area contributed by atoms with Gasteiger partial charge in [0, 0.05) is 5.02 Å². The van der Waals surface area contributed by atoms with Gasteiger partial charge in [0.15, 0.2) is 0 Å². The molecule has 1 aromatic carbocycles. The zero-order valence-electron chi connectivity index (χ0n) is 9.17. The van der Waals surface area contributed by atoms with E-state index in [0.29, 0.717) is 5.92 Å². The first-order chi connectivity index (χ1) is 7.29. The molecule has 1 fully saturated rings. The highest BCUT2D eigenvalue weighted by atomic mass is 35.5. The summed E-state index contributed by atoms with van der Waals surface area (Å²) < 4.78 is 0. The molecule has 0 aromatic heterocycles. The van der Waals surface area contributed by atoms with Gasteiger partial charge in [0.25, 0.3) is 0 Å². The van der Waals surface area contributed by atoms with Crippen molar-refractivity contribution in [1.82, 2.24) is 5.32 Å². The van der Waals surface area contributed by atoms with Crippen LogP contribution in [0.15, 0.2) is 24.3 Å². The Morgan fingerprint density at radius 3 is 2.60 bits per heavy atom. The number of hydrogen-bond acceptors (Lipinski definition) is 1. The lowest BCUT2D eigenvalue weighted by Gasteiger charge is -2.29. The Balaban J connectivity index is 2.12. The number of halogens is 1. The fourth-order valence-corrected chi connectivity index (χ4v) is 2.75. The van der Waals surface area contributed by atoms with Crippen molar-refractivity contribution in [3.05, 3.63) is 34.9 Å². The summed E-state index contributed by atoms with van der Waals surface area (Å²) in [5.74, 6) is 1.37. The Morgan fingerprint density at radius 1 is 1.27 bits per heavy atom. The van der Waals surface area contributed by atoms with E-state index in [4.69, 9.17) is 11.6 Å². The van der Waals surface area contributed by atoms with Gasteiger partial charge in [-0.15, -0.1) is 0 Å². The van der Waals surface area contributed by atoms with Crippen molar-refractivity contribution in [2.45, 2.75) is 25.7 Å². The zero-order chi connectivity index (χ0) is 10.7. The van der Waals surface area contributed by atoms with Crippen LogP contribution < -0.4 is 5.32 Å². The summed E-state index contributed by atoms with van der Waals surface area (Å²) in [6, 6.07) is 8.24. The summed E-state index contributed by atoms with van der Waals surface area (Å²) in [6.45, 7) is 4.61. The molecule has 1 nitrogen and oxygen atoms in total. The molecule has 1 aromatic rings. The van der Waals surface area contributed by atoms with Crippen LogP contribution in [-0.4, -0.2) is 13.1 Å². The highest BCUT2D eigenvalue weighted by Gasteiger charge is 2.22. The first-order valence-electron chi connectivity index (χ1n) is 5.74. The van der Waals surface area contributed by atoms with E-state index in [9.17, 15) is 0 Å². The van der Waals surface area contributed by atoms with Crippen molar-refractivity contribution < 1.29 is 0 Å². The lowest BCUT2D eigenvalue weighted by Crippen LogP contribution is -2.30. The molecule has 1 unspecified atom stereocenters. The van der Waals surface area contributed by atoms with E-state index in [1.165, 1.54) is 18.4 Å². The minimum atomic E-state index is 0.584. The van der Waals surface area contributed by atoms with Gasteiger partial charge >= 0.3 is 0 Å². The SMILES string of the molecule is CC(c1ccccc1Cl)C1CCNCC1. The van der Waals surface area contributed by atoms with Gasteiger partial charge < -0.3 is 5.32 Å². The zero-order valence-corrected chi connectivity index (χ0v) is 9.93. The van der Waals surface area contributed by atoms with Crippen molar-refractivity contribution in [1.29, 1.82) is 0 Å².